The minimum Gasteiger partial charge on any atom is -0.490 e. The lowest BCUT2D eigenvalue weighted by molar-refractivity contribution is 0.303. The molecule has 1 N–H and O–H groups in total. The lowest BCUT2D eigenvalue weighted by atomic mass is 10.0. The number of nitrogens with one attached hydrogen (secondary N) is 1. The first kappa shape index (κ1) is 14.1. The van der Waals surface area contributed by atoms with Gasteiger partial charge >= 0.3 is 0 Å². The fraction of sp³-hybridized carbons (Fsp3) is 0.250. The molecule has 1 aliphatic rings. The van der Waals surface area contributed by atoms with Crippen molar-refractivity contribution < 1.29 is 4.74 Å². The Hall–Kier alpha value is -2.55. The molecule has 0 bridgehead atoms. The van der Waals surface area contributed by atoms with Gasteiger partial charge in [0, 0.05) is 19.7 Å². The fourth-order valence-electron chi connectivity index (χ4n) is 2.86. The first-order valence-electron chi connectivity index (χ1n) is 8.13. The van der Waals surface area contributed by atoms with Gasteiger partial charge in [-0.15, -0.1) is 0 Å². The fourth-order valence-corrected chi connectivity index (χ4v) is 2.86. The van der Waals surface area contributed by atoms with E-state index in [-0.39, 0.29) is 0 Å². The van der Waals surface area contributed by atoms with Gasteiger partial charge in [-0.05, 0) is 52.9 Å². The normalized spacial score (nSPS) is 14.0. The van der Waals surface area contributed by atoms with Crippen molar-refractivity contribution in [3.05, 3.63) is 65.9 Å². The second kappa shape index (κ2) is 5.92. The topological polar surface area (TPSA) is 34.2 Å². The van der Waals surface area contributed by atoms with Gasteiger partial charge in [0.2, 0.25) is 0 Å². The molecule has 3 nitrogen and oxygen atoms in total. The number of ether oxygens (including phenoxy) is 1. The molecule has 23 heavy (non-hydrogen) atoms. The number of nitrogens with zero attached hydrogens (tertiary/aromatic N) is 1. The highest BCUT2D eigenvalue weighted by atomic mass is 16.5. The summed E-state index contributed by atoms with van der Waals surface area (Å²) >= 11 is 0. The summed E-state index contributed by atoms with van der Waals surface area (Å²) in [5.74, 6) is 1.93. The van der Waals surface area contributed by atoms with Crippen LogP contribution in [0.5, 0.6) is 5.75 Å². The van der Waals surface area contributed by atoms with Crippen molar-refractivity contribution in [1.82, 2.24) is 4.98 Å². The Morgan fingerprint density at radius 1 is 1.09 bits per heavy atom. The molecule has 0 radical (unpaired) electrons. The van der Waals surface area contributed by atoms with Crippen LogP contribution in [0.2, 0.25) is 0 Å². The number of aromatic nitrogens is 1. The SMILES string of the molecule is CNc1ncccc1Cc1ccc2cc(OC3CC3)ccc2c1. The van der Waals surface area contributed by atoms with Crippen LogP contribution in [0.15, 0.2) is 54.7 Å². The Morgan fingerprint density at radius 3 is 2.74 bits per heavy atom. The van der Waals surface area contributed by atoms with E-state index in [4.69, 9.17) is 4.74 Å². The van der Waals surface area contributed by atoms with Gasteiger partial charge < -0.3 is 10.1 Å². The van der Waals surface area contributed by atoms with Crippen LogP contribution < -0.4 is 10.1 Å². The van der Waals surface area contributed by atoms with Gasteiger partial charge in [0.15, 0.2) is 0 Å². The number of pyridine rings is 1. The molecule has 1 aromatic heterocycles. The summed E-state index contributed by atoms with van der Waals surface area (Å²) in [5.41, 5.74) is 2.50. The van der Waals surface area contributed by atoms with E-state index in [0.29, 0.717) is 6.10 Å². The van der Waals surface area contributed by atoms with E-state index < -0.39 is 0 Å². The maximum absolute atomic E-state index is 5.87. The van der Waals surface area contributed by atoms with Crippen molar-refractivity contribution in [1.29, 1.82) is 0 Å². The second-order valence-corrected chi connectivity index (χ2v) is 6.10. The van der Waals surface area contributed by atoms with E-state index in [9.17, 15) is 0 Å². The Bertz CT molecular complexity index is 840. The highest BCUT2D eigenvalue weighted by Crippen LogP contribution is 2.29. The van der Waals surface area contributed by atoms with Crippen LogP contribution in [0.4, 0.5) is 5.82 Å². The monoisotopic (exact) mass is 304 g/mol. The molecule has 3 aromatic rings. The van der Waals surface area contributed by atoms with E-state index in [2.05, 4.69) is 52.8 Å². The van der Waals surface area contributed by atoms with E-state index in [1.54, 1.807) is 0 Å². The molecule has 116 valence electrons. The molecule has 0 aliphatic heterocycles. The summed E-state index contributed by atoms with van der Waals surface area (Å²) in [6.07, 6.45) is 5.51. The van der Waals surface area contributed by atoms with Gasteiger partial charge in [-0.2, -0.15) is 0 Å². The van der Waals surface area contributed by atoms with Gasteiger partial charge in [0.25, 0.3) is 0 Å². The lowest BCUT2D eigenvalue weighted by Gasteiger charge is -2.10. The van der Waals surface area contributed by atoms with Gasteiger partial charge in [0.1, 0.15) is 11.6 Å². The molecule has 0 amide bonds. The van der Waals surface area contributed by atoms with E-state index in [1.807, 2.05) is 19.3 Å². The van der Waals surface area contributed by atoms with E-state index >= 15 is 0 Å². The molecule has 1 aliphatic carbocycles. The summed E-state index contributed by atoms with van der Waals surface area (Å²) in [6.45, 7) is 0. The van der Waals surface area contributed by atoms with Crippen LogP contribution in [0.25, 0.3) is 10.8 Å². The predicted octanol–water partition coefficient (Wildman–Crippen LogP) is 4.41. The van der Waals surface area contributed by atoms with Crippen molar-refractivity contribution in [2.75, 3.05) is 12.4 Å². The van der Waals surface area contributed by atoms with Crippen LogP contribution in [-0.2, 0) is 6.42 Å². The molecule has 2 aromatic carbocycles. The third-order valence-electron chi connectivity index (χ3n) is 4.23. The highest BCUT2D eigenvalue weighted by molar-refractivity contribution is 5.84. The summed E-state index contributed by atoms with van der Waals surface area (Å²) in [5, 5.41) is 5.64. The minimum absolute atomic E-state index is 0.442. The highest BCUT2D eigenvalue weighted by Gasteiger charge is 2.23. The van der Waals surface area contributed by atoms with Crippen molar-refractivity contribution in [3.63, 3.8) is 0 Å². The molecule has 1 fully saturated rings. The van der Waals surface area contributed by atoms with E-state index in [1.165, 1.54) is 34.7 Å². The van der Waals surface area contributed by atoms with Crippen LogP contribution in [0.1, 0.15) is 24.0 Å². The first-order valence-corrected chi connectivity index (χ1v) is 8.13. The number of fused-ring (bicyclic) bond motifs is 1. The zero-order valence-electron chi connectivity index (χ0n) is 13.3. The average molecular weight is 304 g/mol. The molecular formula is C20H20N2O. The third-order valence-corrected chi connectivity index (χ3v) is 4.23. The molecule has 0 saturated heterocycles. The van der Waals surface area contributed by atoms with Crippen LogP contribution in [-0.4, -0.2) is 18.1 Å². The summed E-state index contributed by atoms with van der Waals surface area (Å²) < 4.78 is 5.87. The lowest BCUT2D eigenvalue weighted by Crippen LogP contribution is -1.99. The molecule has 4 rings (SSSR count). The quantitative estimate of drug-likeness (QED) is 0.758. The number of benzene rings is 2. The van der Waals surface area contributed by atoms with Gasteiger partial charge in [0.05, 0.1) is 6.10 Å². The second-order valence-electron chi connectivity index (χ2n) is 6.10. The Morgan fingerprint density at radius 2 is 1.91 bits per heavy atom. The predicted molar refractivity (Wildman–Crippen MR) is 94.2 cm³/mol. The van der Waals surface area contributed by atoms with Crippen molar-refractivity contribution in [2.45, 2.75) is 25.4 Å². The summed E-state index contributed by atoms with van der Waals surface area (Å²) in [6, 6.07) is 17.1. The zero-order chi connectivity index (χ0) is 15.6. The molecule has 1 saturated carbocycles. The number of anilines is 1. The Kier molecular flexibility index (Phi) is 3.62. The van der Waals surface area contributed by atoms with Gasteiger partial charge in [-0.1, -0.05) is 30.3 Å². The van der Waals surface area contributed by atoms with Crippen molar-refractivity contribution in [3.8, 4) is 5.75 Å². The Balaban J connectivity index is 1.60. The minimum atomic E-state index is 0.442. The first-order chi connectivity index (χ1) is 11.3. The van der Waals surface area contributed by atoms with Crippen LogP contribution in [0.3, 0.4) is 0 Å². The number of rotatable bonds is 5. The smallest absolute Gasteiger partial charge is 0.129 e. The zero-order valence-corrected chi connectivity index (χ0v) is 13.3. The van der Waals surface area contributed by atoms with Gasteiger partial charge in [-0.3, -0.25) is 0 Å². The summed E-state index contributed by atoms with van der Waals surface area (Å²) in [7, 11) is 1.91. The molecule has 3 heteroatoms. The molecule has 0 atom stereocenters. The molecular weight excluding hydrogens is 284 g/mol. The largest absolute Gasteiger partial charge is 0.490 e. The van der Waals surface area contributed by atoms with Crippen LogP contribution >= 0.6 is 0 Å². The standard InChI is InChI=1S/C20H20N2O/c1-21-20-17(3-2-10-22-20)12-14-4-5-16-13-19(23-18-8-9-18)7-6-15(16)11-14/h2-7,10-11,13,18H,8-9,12H2,1H3,(H,21,22). The number of hydrogen-bond donors (Lipinski definition) is 1. The third kappa shape index (κ3) is 3.14. The maximum atomic E-state index is 5.87. The van der Waals surface area contributed by atoms with Crippen LogP contribution in [0, 0.1) is 0 Å². The van der Waals surface area contributed by atoms with Gasteiger partial charge in [-0.25, -0.2) is 4.98 Å². The van der Waals surface area contributed by atoms with Crippen molar-refractivity contribution >= 4 is 16.6 Å². The van der Waals surface area contributed by atoms with Crippen molar-refractivity contribution in [2.24, 2.45) is 0 Å². The maximum Gasteiger partial charge on any atom is 0.129 e. The number of hydrogen-bond acceptors (Lipinski definition) is 3. The van der Waals surface area contributed by atoms with E-state index in [0.717, 1.165) is 18.0 Å². The summed E-state index contributed by atoms with van der Waals surface area (Å²) in [4.78, 5) is 4.37. The Labute approximate surface area is 136 Å². The molecule has 0 spiro atoms. The molecule has 0 unspecified atom stereocenters. The molecule has 1 heterocycles. The average Bonchev–Trinajstić information content (AvgIpc) is 3.39.